The van der Waals surface area contributed by atoms with Gasteiger partial charge >= 0.3 is 0 Å². The third kappa shape index (κ3) is 3.91. The van der Waals surface area contributed by atoms with Crippen molar-refractivity contribution in [2.24, 2.45) is 0 Å². The van der Waals surface area contributed by atoms with E-state index in [1.165, 1.54) is 12.1 Å². The fourth-order valence-corrected chi connectivity index (χ4v) is 2.99. The normalized spacial score (nSPS) is 16.5. The van der Waals surface area contributed by atoms with Crippen LogP contribution in [0.2, 0.25) is 10.0 Å². The van der Waals surface area contributed by atoms with E-state index < -0.39 is 12.0 Å². The number of hydrogen-bond donors (Lipinski definition) is 1. The van der Waals surface area contributed by atoms with Crippen molar-refractivity contribution in [1.29, 1.82) is 0 Å². The summed E-state index contributed by atoms with van der Waals surface area (Å²) in [6, 6.07) is 4.58. The van der Waals surface area contributed by atoms with Gasteiger partial charge in [0, 0.05) is 42.6 Å². The molecule has 22 heavy (non-hydrogen) atoms. The highest BCUT2D eigenvalue weighted by Gasteiger charge is 2.28. The maximum Gasteiger partial charge on any atom is 0.256 e. The van der Waals surface area contributed by atoms with E-state index in [9.17, 15) is 14.7 Å². The van der Waals surface area contributed by atoms with E-state index in [-0.39, 0.29) is 5.91 Å². The van der Waals surface area contributed by atoms with E-state index in [4.69, 9.17) is 23.2 Å². The molecule has 0 bridgehead atoms. The van der Waals surface area contributed by atoms with Crippen LogP contribution in [0.5, 0.6) is 0 Å². The molecule has 1 aliphatic heterocycles. The van der Waals surface area contributed by atoms with Crippen molar-refractivity contribution < 1.29 is 14.7 Å². The van der Waals surface area contributed by atoms with Crippen LogP contribution < -0.4 is 0 Å². The maximum atomic E-state index is 12.4. The molecular formula is C15H18Cl2N2O3. The summed E-state index contributed by atoms with van der Waals surface area (Å²) >= 11 is 11.8. The lowest BCUT2D eigenvalue weighted by molar-refractivity contribution is -0.145. The summed E-state index contributed by atoms with van der Waals surface area (Å²) in [6.07, 6.45) is -0.845. The van der Waals surface area contributed by atoms with Crippen molar-refractivity contribution in [3.63, 3.8) is 0 Å². The molecule has 1 aromatic carbocycles. The molecule has 0 saturated carbocycles. The van der Waals surface area contributed by atoms with Gasteiger partial charge in [0.25, 0.3) is 5.91 Å². The predicted molar refractivity (Wildman–Crippen MR) is 84.9 cm³/mol. The van der Waals surface area contributed by atoms with E-state index in [1.54, 1.807) is 15.9 Å². The number of rotatable bonds is 3. The summed E-state index contributed by atoms with van der Waals surface area (Å²) < 4.78 is 0. The van der Waals surface area contributed by atoms with Crippen LogP contribution in [0.3, 0.4) is 0 Å². The van der Waals surface area contributed by atoms with Crippen LogP contribution in [-0.2, 0) is 9.59 Å². The fraction of sp³-hybridized carbons (Fsp3) is 0.467. The molecule has 1 N–H and O–H groups in total. The summed E-state index contributed by atoms with van der Waals surface area (Å²) in [5.74, 6) is -0.323. The number of amides is 2. The van der Waals surface area contributed by atoms with E-state index in [0.29, 0.717) is 48.2 Å². The second-order valence-electron chi connectivity index (χ2n) is 5.16. The first-order chi connectivity index (χ1) is 10.4. The molecule has 5 nitrogen and oxygen atoms in total. The zero-order chi connectivity index (χ0) is 16.3. The van der Waals surface area contributed by atoms with Crippen LogP contribution >= 0.6 is 23.2 Å². The van der Waals surface area contributed by atoms with Crippen LogP contribution in [0.1, 0.15) is 25.0 Å². The van der Waals surface area contributed by atoms with Gasteiger partial charge in [-0.15, -0.1) is 0 Å². The Morgan fingerprint density at radius 1 is 1.09 bits per heavy atom. The monoisotopic (exact) mass is 344 g/mol. The van der Waals surface area contributed by atoms with Crippen molar-refractivity contribution in [3.05, 3.63) is 33.8 Å². The average Bonchev–Trinajstić information content (AvgIpc) is 2.52. The molecule has 1 aromatic rings. The number of benzene rings is 1. The first-order valence-corrected chi connectivity index (χ1v) is 7.88. The molecule has 1 fully saturated rings. The summed E-state index contributed by atoms with van der Waals surface area (Å²) in [7, 11) is 0. The Bertz CT molecular complexity index is 552. The Labute approximate surface area is 139 Å². The highest BCUT2D eigenvalue weighted by Crippen LogP contribution is 2.25. The Morgan fingerprint density at radius 3 is 2.09 bits per heavy atom. The topological polar surface area (TPSA) is 60.9 Å². The second-order valence-corrected chi connectivity index (χ2v) is 6.04. The lowest BCUT2D eigenvalue weighted by Gasteiger charge is -2.35. The SMILES string of the molecule is CCC(=O)N1CCN(C(=O)C(O)c2cc(Cl)cc(Cl)c2)CC1. The number of aliphatic hydroxyl groups excluding tert-OH is 1. The zero-order valence-electron chi connectivity index (χ0n) is 12.3. The first-order valence-electron chi connectivity index (χ1n) is 7.13. The van der Waals surface area contributed by atoms with Crippen molar-refractivity contribution in [3.8, 4) is 0 Å². The molecule has 0 aliphatic carbocycles. The molecule has 1 heterocycles. The molecular weight excluding hydrogens is 327 g/mol. The fourth-order valence-electron chi connectivity index (χ4n) is 2.45. The molecule has 2 rings (SSSR count). The van der Waals surface area contributed by atoms with Gasteiger partial charge in [0.2, 0.25) is 5.91 Å². The van der Waals surface area contributed by atoms with Gasteiger partial charge in [0.15, 0.2) is 6.10 Å². The molecule has 1 saturated heterocycles. The van der Waals surface area contributed by atoms with Crippen molar-refractivity contribution in [2.45, 2.75) is 19.4 Å². The standard InChI is InChI=1S/C15H18Cl2N2O3/c1-2-13(20)18-3-5-19(6-4-18)15(22)14(21)10-7-11(16)9-12(17)8-10/h7-9,14,21H,2-6H2,1H3. The number of carbonyl (C=O) groups excluding carboxylic acids is 2. The number of halogens is 2. The van der Waals surface area contributed by atoms with Gasteiger partial charge in [-0.3, -0.25) is 9.59 Å². The van der Waals surface area contributed by atoms with E-state index in [2.05, 4.69) is 0 Å². The molecule has 1 aliphatic rings. The number of nitrogens with zero attached hydrogens (tertiary/aromatic N) is 2. The maximum absolute atomic E-state index is 12.4. The molecule has 0 spiro atoms. The minimum absolute atomic E-state index is 0.0780. The van der Waals surface area contributed by atoms with Crippen LogP contribution in [0, 0.1) is 0 Å². The van der Waals surface area contributed by atoms with Crippen LogP contribution in [0.25, 0.3) is 0 Å². The summed E-state index contributed by atoms with van der Waals surface area (Å²) in [4.78, 5) is 27.3. The van der Waals surface area contributed by atoms with Crippen molar-refractivity contribution >= 4 is 35.0 Å². The lowest BCUT2D eigenvalue weighted by atomic mass is 10.1. The molecule has 7 heteroatoms. The quantitative estimate of drug-likeness (QED) is 0.913. The summed E-state index contributed by atoms with van der Waals surface area (Å²) in [5.41, 5.74) is 0.370. The Morgan fingerprint density at radius 2 is 1.59 bits per heavy atom. The van der Waals surface area contributed by atoms with E-state index in [1.807, 2.05) is 6.92 Å². The average molecular weight is 345 g/mol. The molecule has 0 aromatic heterocycles. The van der Waals surface area contributed by atoms with Gasteiger partial charge < -0.3 is 14.9 Å². The van der Waals surface area contributed by atoms with Gasteiger partial charge in [-0.25, -0.2) is 0 Å². The van der Waals surface area contributed by atoms with Crippen molar-refractivity contribution in [1.82, 2.24) is 9.80 Å². The number of hydrogen-bond acceptors (Lipinski definition) is 3. The second kappa shape index (κ2) is 7.31. The van der Waals surface area contributed by atoms with E-state index in [0.717, 1.165) is 0 Å². The highest BCUT2D eigenvalue weighted by atomic mass is 35.5. The predicted octanol–water partition coefficient (Wildman–Crippen LogP) is 2.11. The smallest absolute Gasteiger partial charge is 0.256 e. The van der Waals surface area contributed by atoms with Crippen molar-refractivity contribution in [2.75, 3.05) is 26.2 Å². The van der Waals surface area contributed by atoms with Gasteiger partial charge in [0.1, 0.15) is 0 Å². The minimum atomic E-state index is -1.30. The van der Waals surface area contributed by atoms with Crippen LogP contribution in [0.4, 0.5) is 0 Å². The number of piperazine rings is 1. The first kappa shape index (κ1) is 17.1. The lowest BCUT2D eigenvalue weighted by Crippen LogP contribution is -2.51. The molecule has 120 valence electrons. The largest absolute Gasteiger partial charge is 0.378 e. The van der Waals surface area contributed by atoms with E-state index >= 15 is 0 Å². The number of carbonyl (C=O) groups is 2. The van der Waals surface area contributed by atoms with Gasteiger partial charge in [-0.2, -0.15) is 0 Å². The van der Waals surface area contributed by atoms with Crippen LogP contribution in [-0.4, -0.2) is 52.9 Å². The zero-order valence-corrected chi connectivity index (χ0v) is 13.8. The molecule has 1 unspecified atom stereocenters. The number of aliphatic hydroxyl groups is 1. The summed E-state index contributed by atoms with van der Waals surface area (Å²) in [5, 5.41) is 11.0. The molecule has 2 amide bonds. The highest BCUT2D eigenvalue weighted by molar-refractivity contribution is 6.34. The third-order valence-electron chi connectivity index (χ3n) is 3.68. The van der Waals surface area contributed by atoms with Gasteiger partial charge in [-0.1, -0.05) is 30.1 Å². The Hall–Kier alpha value is -1.30. The molecule has 0 radical (unpaired) electrons. The molecule has 1 atom stereocenters. The van der Waals surface area contributed by atoms with Gasteiger partial charge in [-0.05, 0) is 23.8 Å². The minimum Gasteiger partial charge on any atom is -0.378 e. The Balaban J connectivity index is 2.01. The Kier molecular flexibility index (Phi) is 5.67. The van der Waals surface area contributed by atoms with Crippen LogP contribution in [0.15, 0.2) is 18.2 Å². The van der Waals surface area contributed by atoms with Gasteiger partial charge in [0.05, 0.1) is 0 Å². The third-order valence-corrected chi connectivity index (χ3v) is 4.12. The summed E-state index contributed by atoms with van der Waals surface area (Å²) in [6.45, 7) is 3.61.